The van der Waals surface area contributed by atoms with Crippen molar-refractivity contribution in [3.05, 3.63) is 27.1 Å². The predicted octanol–water partition coefficient (Wildman–Crippen LogP) is 2.00. The SMILES string of the molecule is CCn1cc(Br)c(=O)c(NC(=O)C2CCCOC2)c1. The number of hydrogen-bond acceptors (Lipinski definition) is 3. The monoisotopic (exact) mass is 328 g/mol. The lowest BCUT2D eigenvalue weighted by Crippen LogP contribution is -2.32. The Kier molecular flexibility index (Phi) is 4.76. The number of aryl methyl sites for hydroxylation is 1. The van der Waals surface area contributed by atoms with Gasteiger partial charge in [-0.1, -0.05) is 0 Å². The molecule has 1 amide bonds. The molecule has 6 heteroatoms. The molecule has 1 aromatic rings. The highest BCUT2D eigenvalue weighted by atomic mass is 79.9. The minimum Gasteiger partial charge on any atom is -0.381 e. The van der Waals surface area contributed by atoms with Crippen molar-refractivity contribution < 1.29 is 9.53 Å². The van der Waals surface area contributed by atoms with Gasteiger partial charge in [0, 0.05) is 25.5 Å². The number of halogens is 1. The summed E-state index contributed by atoms with van der Waals surface area (Å²) in [6.45, 7) is 3.84. The minimum absolute atomic E-state index is 0.141. The average molecular weight is 329 g/mol. The zero-order chi connectivity index (χ0) is 13.8. The van der Waals surface area contributed by atoms with E-state index in [9.17, 15) is 9.59 Å². The summed E-state index contributed by atoms with van der Waals surface area (Å²) in [6.07, 6.45) is 5.06. The largest absolute Gasteiger partial charge is 0.381 e. The van der Waals surface area contributed by atoms with Gasteiger partial charge in [0.1, 0.15) is 5.69 Å². The summed E-state index contributed by atoms with van der Waals surface area (Å²) in [5.41, 5.74) is 0.113. The van der Waals surface area contributed by atoms with E-state index in [2.05, 4.69) is 21.2 Å². The van der Waals surface area contributed by atoms with Crippen LogP contribution in [0.1, 0.15) is 19.8 Å². The van der Waals surface area contributed by atoms with Crippen LogP contribution in [0.25, 0.3) is 0 Å². The van der Waals surface area contributed by atoms with E-state index in [4.69, 9.17) is 4.74 Å². The van der Waals surface area contributed by atoms with E-state index < -0.39 is 0 Å². The number of rotatable bonds is 3. The van der Waals surface area contributed by atoms with Gasteiger partial charge < -0.3 is 14.6 Å². The fraction of sp³-hybridized carbons (Fsp3) is 0.538. The van der Waals surface area contributed by atoms with E-state index in [0.29, 0.717) is 23.4 Å². The van der Waals surface area contributed by atoms with Crippen LogP contribution in [0.4, 0.5) is 5.69 Å². The van der Waals surface area contributed by atoms with Gasteiger partial charge in [0.15, 0.2) is 0 Å². The fourth-order valence-corrected chi connectivity index (χ4v) is 2.53. The van der Waals surface area contributed by atoms with Gasteiger partial charge in [-0.3, -0.25) is 9.59 Å². The first-order chi connectivity index (χ1) is 9.11. The number of ether oxygens (including phenoxy) is 1. The van der Waals surface area contributed by atoms with Gasteiger partial charge in [0.05, 0.1) is 17.0 Å². The van der Waals surface area contributed by atoms with Gasteiger partial charge in [-0.25, -0.2) is 0 Å². The van der Waals surface area contributed by atoms with Crippen LogP contribution in [-0.4, -0.2) is 23.7 Å². The molecule has 1 aliphatic heterocycles. The Hall–Kier alpha value is -1.14. The highest BCUT2D eigenvalue weighted by Gasteiger charge is 2.22. The Labute approximate surface area is 120 Å². The molecule has 1 fully saturated rings. The summed E-state index contributed by atoms with van der Waals surface area (Å²) in [5.74, 6) is -0.306. The van der Waals surface area contributed by atoms with Crippen molar-refractivity contribution in [1.82, 2.24) is 4.57 Å². The molecular formula is C13H17BrN2O3. The van der Waals surface area contributed by atoms with E-state index in [1.54, 1.807) is 12.4 Å². The Morgan fingerprint density at radius 3 is 3.00 bits per heavy atom. The van der Waals surface area contributed by atoms with Gasteiger partial charge in [-0.05, 0) is 35.7 Å². The van der Waals surface area contributed by atoms with Gasteiger partial charge in [0.25, 0.3) is 0 Å². The molecule has 1 aliphatic rings. The standard InChI is InChI=1S/C13H17BrN2O3/c1-2-16-6-10(14)12(17)11(7-16)15-13(18)9-4-3-5-19-8-9/h6-7,9H,2-5,8H2,1H3,(H,15,18). The van der Waals surface area contributed by atoms with Gasteiger partial charge >= 0.3 is 0 Å². The van der Waals surface area contributed by atoms with E-state index in [1.165, 1.54) is 0 Å². The van der Waals surface area contributed by atoms with E-state index in [1.807, 2.05) is 11.5 Å². The van der Waals surface area contributed by atoms with Gasteiger partial charge in [0.2, 0.25) is 11.3 Å². The molecule has 1 N–H and O–H groups in total. The number of nitrogens with zero attached hydrogens (tertiary/aromatic N) is 1. The molecule has 2 heterocycles. The number of hydrogen-bond donors (Lipinski definition) is 1. The molecule has 2 rings (SSSR count). The van der Waals surface area contributed by atoms with Crippen LogP contribution in [0.5, 0.6) is 0 Å². The summed E-state index contributed by atoms with van der Waals surface area (Å²) >= 11 is 3.21. The molecule has 0 bridgehead atoms. The molecule has 1 saturated heterocycles. The first-order valence-electron chi connectivity index (χ1n) is 6.40. The number of anilines is 1. The van der Waals surface area contributed by atoms with Crippen LogP contribution in [0, 0.1) is 5.92 Å². The molecule has 0 aromatic carbocycles. The van der Waals surface area contributed by atoms with Gasteiger partial charge in [-0.15, -0.1) is 0 Å². The zero-order valence-corrected chi connectivity index (χ0v) is 12.4. The van der Waals surface area contributed by atoms with Crippen molar-refractivity contribution in [2.45, 2.75) is 26.3 Å². The maximum Gasteiger partial charge on any atom is 0.229 e. The van der Waals surface area contributed by atoms with Crippen molar-refractivity contribution >= 4 is 27.5 Å². The second-order valence-electron chi connectivity index (χ2n) is 4.58. The number of carbonyl (C=O) groups excluding carboxylic acids is 1. The third-order valence-corrected chi connectivity index (χ3v) is 3.75. The van der Waals surface area contributed by atoms with Crippen molar-refractivity contribution in [2.24, 2.45) is 5.92 Å². The third kappa shape index (κ3) is 3.45. The topological polar surface area (TPSA) is 60.3 Å². The Morgan fingerprint density at radius 2 is 2.37 bits per heavy atom. The maximum atomic E-state index is 12.1. The molecule has 1 atom stereocenters. The molecule has 1 unspecified atom stereocenters. The Balaban J connectivity index is 2.15. The highest BCUT2D eigenvalue weighted by Crippen LogP contribution is 2.16. The lowest BCUT2D eigenvalue weighted by atomic mass is 10.0. The van der Waals surface area contributed by atoms with Crippen LogP contribution >= 0.6 is 15.9 Å². The first-order valence-corrected chi connectivity index (χ1v) is 7.19. The zero-order valence-electron chi connectivity index (χ0n) is 10.8. The second kappa shape index (κ2) is 6.34. The Morgan fingerprint density at radius 1 is 1.58 bits per heavy atom. The lowest BCUT2D eigenvalue weighted by molar-refractivity contribution is -0.123. The van der Waals surface area contributed by atoms with Crippen LogP contribution < -0.4 is 10.7 Å². The quantitative estimate of drug-likeness (QED) is 0.923. The lowest BCUT2D eigenvalue weighted by Gasteiger charge is -2.21. The summed E-state index contributed by atoms with van der Waals surface area (Å²) in [6, 6.07) is 0. The molecular weight excluding hydrogens is 312 g/mol. The van der Waals surface area contributed by atoms with Crippen molar-refractivity contribution in [3.8, 4) is 0 Å². The predicted molar refractivity (Wildman–Crippen MR) is 76.2 cm³/mol. The summed E-state index contributed by atoms with van der Waals surface area (Å²) < 4.78 is 7.58. The number of nitrogens with one attached hydrogen (secondary N) is 1. The number of carbonyl (C=O) groups is 1. The fourth-order valence-electron chi connectivity index (χ4n) is 2.05. The molecule has 1 aromatic heterocycles. The summed E-state index contributed by atoms with van der Waals surface area (Å²) in [5, 5.41) is 2.71. The highest BCUT2D eigenvalue weighted by molar-refractivity contribution is 9.10. The molecule has 5 nitrogen and oxygen atoms in total. The van der Waals surface area contributed by atoms with Crippen LogP contribution in [0.3, 0.4) is 0 Å². The normalized spacial score (nSPS) is 19.2. The van der Waals surface area contributed by atoms with E-state index >= 15 is 0 Å². The summed E-state index contributed by atoms with van der Waals surface area (Å²) in [7, 11) is 0. The number of pyridine rings is 1. The smallest absolute Gasteiger partial charge is 0.229 e. The minimum atomic E-state index is -0.199. The third-order valence-electron chi connectivity index (χ3n) is 3.19. The molecule has 0 radical (unpaired) electrons. The molecule has 0 saturated carbocycles. The van der Waals surface area contributed by atoms with Crippen molar-refractivity contribution in [2.75, 3.05) is 18.5 Å². The molecule has 19 heavy (non-hydrogen) atoms. The molecule has 104 valence electrons. The number of amides is 1. The van der Waals surface area contributed by atoms with E-state index in [0.717, 1.165) is 19.4 Å². The first kappa shape index (κ1) is 14.3. The summed E-state index contributed by atoms with van der Waals surface area (Å²) in [4.78, 5) is 24.0. The Bertz CT molecular complexity index is 521. The molecule has 0 spiro atoms. The van der Waals surface area contributed by atoms with Crippen LogP contribution in [0.2, 0.25) is 0 Å². The number of aromatic nitrogens is 1. The average Bonchev–Trinajstić information content (AvgIpc) is 2.44. The van der Waals surface area contributed by atoms with Gasteiger partial charge in [-0.2, -0.15) is 0 Å². The van der Waals surface area contributed by atoms with E-state index in [-0.39, 0.29) is 17.3 Å². The van der Waals surface area contributed by atoms with Crippen LogP contribution in [0.15, 0.2) is 21.7 Å². The maximum absolute atomic E-state index is 12.1. The second-order valence-corrected chi connectivity index (χ2v) is 5.44. The molecule has 0 aliphatic carbocycles. The van der Waals surface area contributed by atoms with Crippen molar-refractivity contribution in [3.63, 3.8) is 0 Å². The van der Waals surface area contributed by atoms with Crippen LogP contribution in [-0.2, 0) is 16.1 Å². The van der Waals surface area contributed by atoms with Crippen molar-refractivity contribution in [1.29, 1.82) is 0 Å².